The molecule has 0 saturated carbocycles. The number of amides is 4. The molecule has 7 nitrogen and oxygen atoms in total. The molecule has 2 aromatic carbocycles. The molecule has 2 aromatic rings. The molecule has 0 bridgehead atoms. The van der Waals surface area contributed by atoms with E-state index in [1.54, 1.807) is 6.07 Å². The number of hydrogen-bond donors (Lipinski definition) is 1. The van der Waals surface area contributed by atoms with Crippen LogP contribution >= 0.6 is 11.6 Å². The summed E-state index contributed by atoms with van der Waals surface area (Å²) in [6.45, 7) is 5.51. The third kappa shape index (κ3) is 4.93. The molecule has 0 spiro atoms. The first-order valence-electron chi connectivity index (χ1n) is 12.0. The Morgan fingerprint density at radius 3 is 2.49 bits per heavy atom. The van der Waals surface area contributed by atoms with Crippen molar-refractivity contribution in [3.05, 3.63) is 69.7 Å². The molecule has 2 saturated heterocycles. The lowest BCUT2D eigenvalue weighted by molar-refractivity contribution is -0.134. The van der Waals surface area contributed by atoms with Crippen molar-refractivity contribution in [2.75, 3.05) is 33.4 Å². The van der Waals surface area contributed by atoms with Gasteiger partial charge in [-0.1, -0.05) is 35.9 Å². The van der Waals surface area contributed by atoms with Gasteiger partial charge < -0.3 is 15.0 Å². The molecular weight excluding hydrogens is 466 g/mol. The third-order valence-corrected chi connectivity index (χ3v) is 7.75. The summed E-state index contributed by atoms with van der Waals surface area (Å²) >= 11 is 6.45. The second kappa shape index (κ2) is 10.4. The molecule has 186 valence electrons. The molecule has 0 aliphatic carbocycles. The van der Waals surface area contributed by atoms with Crippen LogP contribution in [0.5, 0.6) is 0 Å². The summed E-state index contributed by atoms with van der Waals surface area (Å²) in [5.41, 5.74) is 2.61. The zero-order valence-electron chi connectivity index (χ0n) is 20.5. The lowest BCUT2D eigenvalue weighted by atomic mass is 9.73. The Hall–Kier alpha value is -2.90. The Morgan fingerprint density at radius 1 is 1.11 bits per heavy atom. The van der Waals surface area contributed by atoms with Crippen molar-refractivity contribution in [3.63, 3.8) is 0 Å². The van der Waals surface area contributed by atoms with Gasteiger partial charge in [0.1, 0.15) is 5.54 Å². The Morgan fingerprint density at radius 2 is 1.83 bits per heavy atom. The highest BCUT2D eigenvalue weighted by atomic mass is 35.5. The number of piperidine rings is 1. The number of benzene rings is 2. The molecule has 4 rings (SSSR count). The minimum Gasteiger partial charge on any atom is -0.383 e. The Balaban J connectivity index is 1.56. The van der Waals surface area contributed by atoms with Gasteiger partial charge in [0.2, 0.25) is 0 Å². The van der Waals surface area contributed by atoms with Crippen LogP contribution in [0.3, 0.4) is 0 Å². The standard InChI is InChI=1S/C27H32ClN3O4/c1-18-8-9-20(16-19(18)2)24(32)30-12-10-22(11-13-30)27(17-21-6-4-5-7-23(21)28)25(33)31(14-15-35-3)26(34)29-27/h4-9,16,22H,10-15,17H2,1-3H3,(H,29,34). The SMILES string of the molecule is COCCN1C(=O)NC(Cc2ccccc2Cl)(C2CCN(C(=O)c3ccc(C)c(C)c3)CC2)C1=O. The molecule has 0 radical (unpaired) electrons. The smallest absolute Gasteiger partial charge is 0.325 e. The molecule has 1 unspecified atom stereocenters. The summed E-state index contributed by atoms with van der Waals surface area (Å²) in [4.78, 5) is 42.8. The molecule has 0 aromatic heterocycles. The average Bonchev–Trinajstić information content (AvgIpc) is 3.10. The fourth-order valence-electron chi connectivity index (χ4n) is 5.15. The lowest BCUT2D eigenvalue weighted by Crippen LogP contribution is -2.58. The van der Waals surface area contributed by atoms with Gasteiger partial charge in [-0.15, -0.1) is 0 Å². The maximum absolute atomic E-state index is 13.7. The Labute approximate surface area is 211 Å². The number of nitrogens with one attached hydrogen (secondary N) is 1. The Kier molecular flexibility index (Phi) is 7.47. The molecule has 2 fully saturated rings. The van der Waals surface area contributed by atoms with Gasteiger partial charge >= 0.3 is 6.03 Å². The number of carbonyl (C=O) groups is 3. The molecular formula is C27H32ClN3O4. The van der Waals surface area contributed by atoms with Gasteiger partial charge in [0, 0.05) is 37.2 Å². The predicted molar refractivity (Wildman–Crippen MR) is 135 cm³/mol. The van der Waals surface area contributed by atoms with Crippen LogP contribution in [0.4, 0.5) is 4.79 Å². The van der Waals surface area contributed by atoms with Gasteiger partial charge in [-0.05, 0) is 67.5 Å². The summed E-state index contributed by atoms with van der Waals surface area (Å²) in [6, 6.07) is 12.8. The summed E-state index contributed by atoms with van der Waals surface area (Å²) in [5, 5.41) is 3.59. The van der Waals surface area contributed by atoms with Crippen molar-refractivity contribution in [2.24, 2.45) is 5.92 Å². The number of carbonyl (C=O) groups excluding carboxylic acids is 3. The van der Waals surface area contributed by atoms with Crippen molar-refractivity contribution in [1.82, 2.24) is 15.1 Å². The van der Waals surface area contributed by atoms with E-state index in [1.807, 2.05) is 55.1 Å². The number of nitrogens with zero attached hydrogens (tertiary/aromatic N) is 2. The zero-order valence-corrected chi connectivity index (χ0v) is 21.2. The maximum atomic E-state index is 13.7. The van der Waals surface area contributed by atoms with Crippen molar-refractivity contribution in [1.29, 1.82) is 0 Å². The van der Waals surface area contributed by atoms with Gasteiger partial charge in [-0.2, -0.15) is 0 Å². The fraction of sp³-hybridized carbons (Fsp3) is 0.444. The van der Waals surface area contributed by atoms with Crippen molar-refractivity contribution in [2.45, 2.75) is 38.6 Å². The first-order valence-corrected chi connectivity index (χ1v) is 12.4. The number of ether oxygens (including phenoxy) is 1. The van der Waals surface area contributed by atoms with Gasteiger partial charge in [0.15, 0.2) is 0 Å². The summed E-state index contributed by atoms with van der Waals surface area (Å²) in [5.74, 6) is -0.389. The number of rotatable bonds is 7. The van der Waals surface area contributed by atoms with E-state index < -0.39 is 11.6 Å². The minimum atomic E-state index is -1.11. The first-order chi connectivity index (χ1) is 16.8. The van der Waals surface area contributed by atoms with E-state index in [0.717, 1.165) is 16.7 Å². The molecule has 8 heteroatoms. The van der Waals surface area contributed by atoms with Gasteiger partial charge in [-0.25, -0.2) is 4.79 Å². The number of likely N-dealkylation sites (tertiary alicyclic amines) is 1. The van der Waals surface area contributed by atoms with E-state index in [-0.39, 0.29) is 30.9 Å². The van der Waals surface area contributed by atoms with Gasteiger partial charge in [0.25, 0.3) is 11.8 Å². The monoisotopic (exact) mass is 497 g/mol. The highest BCUT2D eigenvalue weighted by Gasteiger charge is 2.56. The van der Waals surface area contributed by atoms with Gasteiger partial charge in [-0.3, -0.25) is 14.5 Å². The molecule has 1 N–H and O–H groups in total. The summed E-state index contributed by atoms with van der Waals surface area (Å²) < 4.78 is 5.11. The van der Waals surface area contributed by atoms with Crippen LogP contribution in [-0.4, -0.2) is 66.5 Å². The van der Waals surface area contributed by atoms with Gasteiger partial charge in [0.05, 0.1) is 13.2 Å². The van der Waals surface area contributed by atoms with E-state index in [2.05, 4.69) is 5.32 Å². The molecule has 1 atom stereocenters. The number of methoxy groups -OCH3 is 1. The van der Waals surface area contributed by atoms with Crippen molar-refractivity contribution >= 4 is 29.4 Å². The molecule has 2 aliphatic heterocycles. The van der Waals surface area contributed by atoms with E-state index in [0.29, 0.717) is 42.9 Å². The van der Waals surface area contributed by atoms with Crippen LogP contribution in [0.25, 0.3) is 0 Å². The number of urea groups is 1. The largest absolute Gasteiger partial charge is 0.383 e. The molecule has 4 amide bonds. The van der Waals surface area contributed by atoms with Crippen LogP contribution < -0.4 is 5.32 Å². The van der Waals surface area contributed by atoms with Crippen LogP contribution in [0.1, 0.15) is 39.9 Å². The Bertz CT molecular complexity index is 1130. The highest BCUT2D eigenvalue weighted by molar-refractivity contribution is 6.31. The summed E-state index contributed by atoms with van der Waals surface area (Å²) in [6.07, 6.45) is 1.51. The average molecular weight is 498 g/mol. The number of aryl methyl sites for hydroxylation is 2. The molecule has 2 aliphatic rings. The van der Waals surface area contributed by atoms with Crippen LogP contribution in [0, 0.1) is 19.8 Å². The van der Waals surface area contributed by atoms with E-state index in [1.165, 1.54) is 12.0 Å². The van der Waals surface area contributed by atoms with E-state index >= 15 is 0 Å². The van der Waals surface area contributed by atoms with E-state index in [4.69, 9.17) is 16.3 Å². The quantitative estimate of drug-likeness (QED) is 0.587. The number of imide groups is 1. The second-order valence-electron chi connectivity index (χ2n) is 9.48. The van der Waals surface area contributed by atoms with Crippen LogP contribution in [0.2, 0.25) is 5.02 Å². The summed E-state index contributed by atoms with van der Waals surface area (Å²) in [7, 11) is 1.54. The first kappa shape index (κ1) is 25.2. The lowest BCUT2D eigenvalue weighted by Gasteiger charge is -2.41. The molecule has 35 heavy (non-hydrogen) atoms. The van der Waals surface area contributed by atoms with E-state index in [9.17, 15) is 14.4 Å². The fourth-order valence-corrected chi connectivity index (χ4v) is 5.35. The van der Waals surface area contributed by atoms with Crippen molar-refractivity contribution < 1.29 is 19.1 Å². The zero-order chi connectivity index (χ0) is 25.2. The van der Waals surface area contributed by atoms with Crippen LogP contribution in [0.15, 0.2) is 42.5 Å². The minimum absolute atomic E-state index is 0.00444. The highest BCUT2D eigenvalue weighted by Crippen LogP contribution is 2.38. The molecule has 2 heterocycles. The second-order valence-corrected chi connectivity index (χ2v) is 9.89. The maximum Gasteiger partial charge on any atom is 0.325 e. The normalized spacial score (nSPS) is 20.9. The number of hydrogen-bond acceptors (Lipinski definition) is 4. The number of halogens is 1. The topological polar surface area (TPSA) is 79.0 Å². The predicted octanol–water partition coefficient (Wildman–Crippen LogP) is 3.99. The third-order valence-electron chi connectivity index (χ3n) is 7.38. The van der Waals surface area contributed by atoms with Crippen LogP contribution in [-0.2, 0) is 16.0 Å². The van der Waals surface area contributed by atoms with Crippen molar-refractivity contribution in [3.8, 4) is 0 Å².